The van der Waals surface area contributed by atoms with Gasteiger partial charge in [-0.15, -0.1) is 0 Å². The molecule has 1 aliphatic rings. The maximum absolute atomic E-state index is 12.4. The first-order valence-corrected chi connectivity index (χ1v) is 8.23. The van der Waals surface area contributed by atoms with E-state index in [1.165, 1.54) is 4.90 Å². The van der Waals surface area contributed by atoms with Crippen LogP contribution in [-0.2, 0) is 11.8 Å². The number of fused-ring (bicyclic) bond motifs is 1. The summed E-state index contributed by atoms with van der Waals surface area (Å²) >= 11 is 1.03. The van der Waals surface area contributed by atoms with Gasteiger partial charge in [-0.25, -0.2) is 0 Å². The first-order valence-electron chi connectivity index (χ1n) is 7.41. The maximum atomic E-state index is 12.4. The van der Waals surface area contributed by atoms with Crippen molar-refractivity contribution in [1.82, 2.24) is 9.47 Å². The molecule has 5 heteroatoms. The van der Waals surface area contributed by atoms with Crippen molar-refractivity contribution in [3.63, 3.8) is 0 Å². The third-order valence-corrected chi connectivity index (χ3v) is 4.73. The van der Waals surface area contributed by atoms with Gasteiger partial charge < -0.3 is 4.57 Å². The lowest BCUT2D eigenvalue weighted by Gasteiger charge is -2.10. The highest BCUT2D eigenvalue weighted by Crippen LogP contribution is 2.34. The van der Waals surface area contributed by atoms with Gasteiger partial charge in [-0.2, -0.15) is 0 Å². The molecule has 0 saturated carbocycles. The number of thioether (sulfide) groups is 1. The molecule has 0 bridgehead atoms. The van der Waals surface area contributed by atoms with Crippen molar-refractivity contribution >= 4 is 39.9 Å². The molecule has 4 nitrogen and oxygen atoms in total. The molecule has 1 aliphatic heterocycles. The Morgan fingerprint density at radius 3 is 2.77 bits per heavy atom. The lowest BCUT2D eigenvalue weighted by atomic mass is 10.1. The average Bonchev–Trinajstić information content (AvgIpc) is 2.96. The van der Waals surface area contributed by atoms with E-state index in [9.17, 15) is 9.59 Å². The molecule has 1 aromatic heterocycles. The first kappa shape index (κ1) is 14.9. The molecule has 1 fully saturated rings. The Morgan fingerprint density at radius 1 is 1.23 bits per heavy atom. The van der Waals surface area contributed by atoms with Crippen molar-refractivity contribution in [2.75, 3.05) is 6.54 Å². The normalized spacial score (nSPS) is 17.2. The van der Waals surface area contributed by atoms with Crippen LogP contribution in [-0.4, -0.2) is 27.2 Å². The van der Waals surface area contributed by atoms with E-state index in [1.807, 2.05) is 55.1 Å². The van der Waals surface area contributed by atoms with Crippen LogP contribution in [0.1, 0.15) is 25.3 Å². The number of para-hydroxylation sites is 1. The lowest BCUT2D eigenvalue weighted by molar-refractivity contribution is -0.122. The Labute approximate surface area is 133 Å². The van der Waals surface area contributed by atoms with Crippen molar-refractivity contribution in [2.45, 2.75) is 19.8 Å². The van der Waals surface area contributed by atoms with Gasteiger partial charge in [0, 0.05) is 36.3 Å². The number of imide groups is 1. The predicted octanol–water partition coefficient (Wildman–Crippen LogP) is 4.01. The molecule has 0 aliphatic carbocycles. The summed E-state index contributed by atoms with van der Waals surface area (Å²) < 4.78 is 2.03. The summed E-state index contributed by atoms with van der Waals surface area (Å²) in [6, 6.07) is 8.04. The number of carbonyl (C=O) groups is 2. The summed E-state index contributed by atoms with van der Waals surface area (Å²) in [4.78, 5) is 26.2. The summed E-state index contributed by atoms with van der Waals surface area (Å²) in [5.74, 6) is -0.170. The van der Waals surface area contributed by atoms with Gasteiger partial charge in [-0.3, -0.25) is 14.5 Å². The minimum absolute atomic E-state index is 0.162. The van der Waals surface area contributed by atoms with E-state index in [0.29, 0.717) is 11.4 Å². The van der Waals surface area contributed by atoms with Gasteiger partial charge in [0.25, 0.3) is 11.1 Å². The number of amides is 2. The zero-order valence-electron chi connectivity index (χ0n) is 12.7. The number of nitrogens with zero attached hydrogens (tertiary/aromatic N) is 2. The average molecular weight is 314 g/mol. The molecule has 2 amide bonds. The van der Waals surface area contributed by atoms with E-state index in [2.05, 4.69) is 0 Å². The predicted molar refractivity (Wildman–Crippen MR) is 90.5 cm³/mol. The molecule has 3 rings (SSSR count). The number of aromatic nitrogens is 1. The van der Waals surface area contributed by atoms with E-state index in [1.54, 1.807) is 0 Å². The zero-order chi connectivity index (χ0) is 15.7. The quantitative estimate of drug-likeness (QED) is 0.801. The molecule has 0 spiro atoms. The van der Waals surface area contributed by atoms with Gasteiger partial charge in [0.05, 0.1) is 4.91 Å². The fourth-order valence-electron chi connectivity index (χ4n) is 2.64. The topological polar surface area (TPSA) is 42.3 Å². The van der Waals surface area contributed by atoms with Crippen LogP contribution in [0.25, 0.3) is 17.0 Å². The fourth-order valence-corrected chi connectivity index (χ4v) is 3.49. The van der Waals surface area contributed by atoms with Crippen molar-refractivity contribution in [1.29, 1.82) is 0 Å². The third kappa shape index (κ3) is 2.57. The van der Waals surface area contributed by atoms with Crippen LogP contribution in [0.2, 0.25) is 0 Å². The van der Waals surface area contributed by atoms with Crippen LogP contribution in [0.15, 0.2) is 35.4 Å². The molecular formula is C17H18N2O2S. The van der Waals surface area contributed by atoms with Gasteiger partial charge >= 0.3 is 0 Å². The van der Waals surface area contributed by atoms with Crippen molar-refractivity contribution in [3.05, 3.63) is 40.9 Å². The van der Waals surface area contributed by atoms with E-state index < -0.39 is 0 Å². The lowest BCUT2D eigenvalue weighted by Crippen LogP contribution is -2.29. The van der Waals surface area contributed by atoms with Crippen LogP contribution in [0.3, 0.4) is 0 Å². The summed E-state index contributed by atoms with van der Waals surface area (Å²) in [6.07, 6.45) is 5.63. The molecule has 114 valence electrons. The number of unbranched alkanes of at least 4 members (excludes halogenated alkanes) is 1. The van der Waals surface area contributed by atoms with E-state index >= 15 is 0 Å². The molecule has 0 N–H and O–H groups in total. The van der Waals surface area contributed by atoms with Crippen LogP contribution >= 0.6 is 11.8 Å². The van der Waals surface area contributed by atoms with Crippen LogP contribution < -0.4 is 0 Å². The molecule has 0 radical (unpaired) electrons. The highest BCUT2D eigenvalue weighted by Gasteiger charge is 2.34. The Balaban J connectivity index is 1.95. The summed E-state index contributed by atoms with van der Waals surface area (Å²) in [5, 5.41) is 0.926. The second-order valence-corrected chi connectivity index (χ2v) is 6.39. The van der Waals surface area contributed by atoms with Crippen molar-refractivity contribution < 1.29 is 9.59 Å². The maximum Gasteiger partial charge on any atom is 0.293 e. The second-order valence-electron chi connectivity index (χ2n) is 5.40. The molecule has 0 unspecified atom stereocenters. The Hall–Kier alpha value is -2.01. The summed E-state index contributed by atoms with van der Waals surface area (Å²) in [7, 11) is 1.98. The molecule has 2 heterocycles. The molecule has 22 heavy (non-hydrogen) atoms. The highest BCUT2D eigenvalue weighted by atomic mass is 32.2. The largest absolute Gasteiger partial charge is 0.350 e. The van der Waals surface area contributed by atoms with E-state index in [0.717, 1.165) is 41.1 Å². The van der Waals surface area contributed by atoms with Gasteiger partial charge in [0.15, 0.2) is 0 Å². The number of rotatable bonds is 4. The fraction of sp³-hybridized carbons (Fsp3) is 0.294. The zero-order valence-corrected chi connectivity index (χ0v) is 13.5. The number of carbonyl (C=O) groups excluding carboxylic acids is 2. The molecule has 1 saturated heterocycles. The molecule has 1 aromatic carbocycles. The smallest absolute Gasteiger partial charge is 0.293 e. The standard InChI is InChI=1S/C17H18N2O2S/c1-3-4-9-19-16(20)15(22-17(19)21)10-12-11-18(2)14-8-6-5-7-13(12)14/h5-8,10-11H,3-4,9H2,1-2H3/b15-10-. The number of aryl methyl sites for hydroxylation is 1. The van der Waals surface area contributed by atoms with Gasteiger partial charge in [0.2, 0.25) is 0 Å². The Morgan fingerprint density at radius 2 is 2.00 bits per heavy atom. The SMILES string of the molecule is CCCCN1C(=O)S/C(=C\c2cn(C)c3ccccc23)C1=O. The van der Waals surface area contributed by atoms with E-state index in [4.69, 9.17) is 0 Å². The Kier molecular flexibility index (Phi) is 4.07. The summed E-state index contributed by atoms with van der Waals surface area (Å²) in [5.41, 5.74) is 2.08. The second kappa shape index (κ2) is 6.01. The monoisotopic (exact) mass is 314 g/mol. The minimum Gasteiger partial charge on any atom is -0.350 e. The van der Waals surface area contributed by atoms with Crippen molar-refractivity contribution in [3.8, 4) is 0 Å². The first-order chi connectivity index (χ1) is 10.6. The number of benzene rings is 1. The summed E-state index contributed by atoms with van der Waals surface area (Å²) in [6.45, 7) is 2.55. The minimum atomic E-state index is -0.170. The van der Waals surface area contributed by atoms with Crippen LogP contribution in [0.4, 0.5) is 4.79 Å². The molecular weight excluding hydrogens is 296 g/mol. The van der Waals surface area contributed by atoms with Gasteiger partial charge in [-0.05, 0) is 30.3 Å². The highest BCUT2D eigenvalue weighted by molar-refractivity contribution is 8.18. The Bertz CT molecular complexity index is 776. The van der Waals surface area contributed by atoms with Gasteiger partial charge in [-0.1, -0.05) is 31.5 Å². The van der Waals surface area contributed by atoms with E-state index in [-0.39, 0.29) is 11.1 Å². The molecule has 0 atom stereocenters. The third-order valence-electron chi connectivity index (χ3n) is 3.82. The van der Waals surface area contributed by atoms with Crippen LogP contribution in [0.5, 0.6) is 0 Å². The van der Waals surface area contributed by atoms with Gasteiger partial charge in [0.1, 0.15) is 0 Å². The number of hydrogen-bond acceptors (Lipinski definition) is 3. The number of hydrogen-bond donors (Lipinski definition) is 0. The molecule has 2 aromatic rings. The van der Waals surface area contributed by atoms with Crippen molar-refractivity contribution in [2.24, 2.45) is 7.05 Å². The van der Waals surface area contributed by atoms with Crippen LogP contribution in [0, 0.1) is 0 Å².